The van der Waals surface area contributed by atoms with Crippen molar-refractivity contribution in [3.8, 4) is 5.75 Å². The first-order valence-electron chi connectivity index (χ1n) is 3.69. The van der Waals surface area contributed by atoms with E-state index in [1.165, 1.54) is 18.2 Å². The fraction of sp³-hybridized carbons (Fsp3) is 0.250. The summed E-state index contributed by atoms with van der Waals surface area (Å²) >= 11 is 0. The molecule has 1 rings (SSSR count). The minimum absolute atomic E-state index is 0.0457. The smallest absolute Gasteiger partial charge is 0.237 e. The standard InChI is InChI=1S/C8H8FNO3/c9-7-3-1-2-4-8(7)13-6-5-10(11)12/h1-4H,5-6H2. The van der Waals surface area contributed by atoms with Gasteiger partial charge in [-0.2, -0.15) is 0 Å². The van der Waals surface area contributed by atoms with E-state index in [9.17, 15) is 14.5 Å². The molecule has 0 aliphatic heterocycles. The Morgan fingerprint density at radius 2 is 2.15 bits per heavy atom. The Morgan fingerprint density at radius 1 is 1.46 bits per heavy atom. The quantitative estimate of drug-likeness (QED) is 0.527. The molecule has 0 spiro atoms. The zero-order valence-corrected chi connectivity index (χ0v) is 6.77. The van der Waals surface area contributed by atoms with Gasteiger partial charge in [0.15, 0.2) is 18.2 Å². The molecule has 5 heteroatoms. The third-order valence-electron chi connectivity index (χ3n) is 1.37. The zero-order valence-electron chi connectivity index (χ0n) is 6.77. The lowest BCUT2D eigenvalue weighted by molar-refractivity contribution is -0.481. The van der Waals surface area contributed by atoms with Crippen molar-refractivity contribution in [2.75, 3.05) is 13.2 Å². The summed E-state index contributed by atoms with van der Waals surface area (Å²) in [5.41, 5.74) is 0. The minimum Gasteiger partial charge on any atom is -0.484 e. The average molecular weight is 185 g/mol. The summed E-state index contributed by atoms with van der Waals surface area (Å²) in [4.78, 5) is 9.39. The highest BCUT2D eigenvalue weighted by Gasteiger charge is 2.02. The van der Waals surface area contributed by atoms with E-state index in [1.54, 1.807) is 6.07 Å². The van der Waals surface area contributed by atoms with Crippen LogP contribution in [-0.2, 0) is 0 Å². The molecule has 0 bridgehead atoms. The lowest BCUT2D eigenvalue weighted by Crippen LogP contribution is -2.11. The van der Waals surface area contributed by atoms with E-state index in [-0.39, 0.29) is 18.9 Å². The second-order valence-corrected chi connectivity index (χ2v) is 2.34. The predicted molar refractivity (Wildman–Crippen MR) is 43.8 cm³/mol. The van der Waals surface area contributed by atoms with E-state index >= 15 is 0 Å². The molecule has 1 aromatic rings. The molecule has 1 aromatic carbocycles. The predicted octanol–water partition coefficient (Wildman–Crippen LogP) is 1.48. The number of hydrogen-bond donors (Lipinski definition) is 0. The number of halogens is 1. The van der Waals surface area contributed by atoms with Crippen LogP contribution in [0.2, 0.25) is 0 Å². The number of hydrogen-bond acceptors (Lipinski definition) is 3. The lowest BCUT2D eigenvalue weighted by Gasteiger charge is -2.03. The molecule has 70 valence electrons. The van der Waals surface area contributed by atoms with Gasteiger partial charge in [0, 0.05) is 4.92 Å². The second kappa shape index (κ2) is 4.39. The molecule has 4 nitrogen and oxygen atoms in total. The van der Waals surface area contributed by atoms with E-state index in [0.717, 1.165) is 0 Å². The monoisotopic (exact) mass is 185 g/mol. The Labute approximate surface area is 74.1 Å². The van der Waals surface area contributed by atoms with E-state index in [4.69, 9.17) is 4.74 Å². The summed E-state index contributed by atoms with van der Waals surface area (Å²) < 4.78 is 17.7. The number of rotatable bonds is 4. The molecule has 0 aliphatic rings. The van der Waals surface area contributed by atoms with Crippen LogP contribution in [0.1, 0.15) is 0 Å². The van der Waals surface area contributed by atoms with Gasteiger partial charge < -0.3 is 4.74 Å². The molecule has 0 saturated heterocycles. The number of nitrogens with zero attached hydrogens (tertiary/aromatic N) is 1. The zero-order chi connectivity index (χ0) is 9.68. The third kappa shape index (κ3) is 3.06. The molecule has 0 aromatic heterocycles. The summed E-state index contributed by atoms with van der Waals surface area (Å²) in [5.74, 6) is -0.463. The van der Waals surface area contributed by atoms with Crippen LogP contribution >= 0.6 is 0 Å². The Bertz CT molecular complexity index is 303. The van der Waals surface area contributed by atoms with E-state index in [2.05, 4.69) is 0 Å². The first-order valence-corrected chi connectivity index (χ1v) is 3.69. The Morgan fingerprint density at radius 3 is 2.77 bits per heavy atom. The van der Waals surface area contributed by atoms with Crippen molar-refractivity contribution in [2.45, 2.75) is 0 Å². The van der Waals surface area contributed by atoms with Crippen molar-refractivity contribution in [3.05, 3.63) is 40.2 Å². The second-order valence-electron chi connectivity index (χ2n) is 2.34. The first kappa shape index (κ1) is 9.44. The van der Waals surface area contributed by atoms with E-state index < -0.39 is 10.7 Å². The molecule has 0 heterocycles. The molecule has 13 heavy (non-hydrogen) atoms. The van der Waals surface area contributed by atoms with Crippen LogP contribution in [0.3, 0.4) is 0 Å². The van der Waals surface area contributed by atoms with Crippen LogP contribution in [0.15, 0.2) is 24.3 Å². The fourth-order valence-electron chi connectivity index (χ4n) is 0.792. The van der Waals surface area contributed by atoms with Gasteiger partial charge in [-0.3, -0.25) is 10.1 Å². The highest BCUT2D eigenvalue weighted by Crippen LogP contribution is 2.14. The molecule has 0 N–H and O–H groups in total. The Kier molecular flexibility index (Phi) is 3.19. The van der Waals surface area contributed by atoms with Gasteiger partial charge in [-0.1, -0.05) is 12.1 Å². The highest BCUT2D eigenvalue weighted by atomic mass is 19.1. The molecule has 0 atom stereocenters. The van der Waals surface area contributed by atoms with Gasteiger partial charge in [-0.05, 0) is 12.1 Å². The van der Waals surface area contributed by atoms with Crippen molar-refractivity contribution in [1.82, 2.24) is 0 Å². The van der Waals surface area contributed by atoms with Crippen LogP contribution in [-0.4, -0.2) is 18.1 Å². The maximum Gasteiger partial charge on any atom is 0.237 e. The summed E-state index contributed by atoms with van der Waals surface area (Å²) in [5, 5.41) is 9.91. The SMILES string of the molecule is O=[N+]([O-])CCOc1ccccc1F. The van der Waals surface area contributed by atoms with Crippen molar-refractivity contribution in [1.29, 1.82) is 0 Å². The maximum atomic E-state index is 12.8. The maximum absolute atomic E-state index is 12.8. The van der Waals surface area contributed by atoms with Gasteiger partial charge in [0.2, 0.25) is 6.54 Å². The van der Waals surface area contributed by atoms with Crippen LogP contribution in [0.5, 0.6) is 5.75 Å². The third-order valence-corrected chi connectivity index (χ3v) is 1.37. The van der Waals surface area contributed by atoms with Crippen LogP contribution in [0.25, 0.3) is 0 Å². The average Bonchev–Trinajstić information content (AvgIpc) is 2.08. The van der Waals surface area contributed by atoms with Crippen molar-refractivity contribution < 1.29 is 14.1 Å². The lowest BCUT2D eigenvalue weighted by atomic mass is 10.3. The molecule has 0 aliphatic carbocycles. The van der Waals surface area contributed by atoms with Crippen molar-refractivity contribution in [3.63, 3.8) is 0 Å². The summed E-state index contributed by atoms with van der Waals surface area (Å²) in [6, 6.07) is 5.79. The van der Waals surface area contributed by atoms with Crippen molar-refractivity contribution >= 4 is 0 Å². The van der Waals surface area contributed by atoms with Crippen LogP contribution in [0, 0.1) is 15.9 Å². The minimum atomic E-state index is -0.513. The first-order chi connectivity index (χ1) is 6.20. The van der Waals surface area contributed by atoms with Crippen molar-refractivity contribution in [2.24, 2.45) is 0 Å². The molecule has 0 unspecified atom stereocenters. The van der Waals surface area contributed by atoms with Crippen LogP contribution in [0.4, 0.5) is 4.39 Å². The van der Waals surface area contributed by atoms with Crippen LogP contribution < -0.4 is 4.74 Å². The molecule has 0 fully saturated rings. The highest BCUT2D eigenvalue weighted by molar-refractivity contribution is 5.23. The normalized spacial score (nSPS) is 9.62. The van der Waals surface area contributed by atoms with Gasteiger partial charge in [-0.25, -0.2) is 4.39 Å². The number of ether oxygens (including phenoxy) is 1. The van der Waals surface area contributed by atoms with E-state index in [0.29, 0.717) is 0 Å². The van der Waals surface area contributed by atoms with Gasteiger partial charge in [-0.15, -0.1) is 0 Å². The number of benzene rings is 1. The fourth-order valence-corrected chi connectivity index (χ4v) is 0.792. The van der Waals surface area contributed by atoms with E-state index in [1.807, 2.05) is 0 Å². The van der Waals surface area contributed by atoms with Gasteiger partial charge >= 0.3 is 0 Å². The number of nitro groups is 1. The van der Waals surface area contributed by atoms with Gasteiger partial charge in [0.05, 0.1) is 0 Å². The molecule has 0 saturated carbocycles. The Balaban J connectivity index is 2.45. The topological polar surface area (TPSA) is 52.4 Å². The molecular weight excluding hydrogens is 177 g/mol. The van der Waals surface area contributed by atoms with Gasteiger partial charge in [0.25, 0.3) is 0 Å². The molecule has 0 amide bonds. The summed E-state index contributed by atoms with van der Waals surface area (Å²) in [6.07, 6.45) is 0. The van der Waals surface area contributed by atoms with Gasteiger partial charge in [0.1, 0.15) is 0 Å². The summed E-state index contributed by atoms with van der Waals surface area (Å²) in [6.45, 7) is -0.442. The molecular formula is C8H8FNO3. The molecule has 0 radical (unpaired) electrons. The largest absolute Gasteiger partial charge is 0.484 e. The number of para-hydroxylation sites is 1. The summed E-state index contributed by atoms with van der Waals surface area (Å²) in [7, 11) is 0. The Hall–Kier alpha value is -1.65.